The lowest BCUT2D eigenvalue weighted by Gasteiger charge is -2.20. The van der Waals surface area contributed by atoms with Crippen molar-refractivity contribution in [2.75, 3.05) is 0 Å². The maximum Gasteiger partial charge on any atom is 0.133 e. The van der Waals surface area contributed by atoms with Crippen molar-refractivity contribution < 1.29 is 4.79 Å². The van der Waals surface area contributed by atoms with Crippen molar-refractivity contribution in [1.82, 2.24) is 0 Å². The third-order valence-electron chi connectivity index (χ3n) is 2.18. The molecule has 10 heavy (non-hydrogen) atoms. The Morgan fingerprint density at radius 3 is 2.80 bits per heavy atom. The molecule has 56 valence electrons. The number of Topliss-reactive ketones (excluding diaryl/α,β-unsaturated/α-hetero) is 1. The molecule has 0 saturated heterocycles. The quantitative estimate of drug-likeness (QED) is 0.508. The van der Waals surface area contributed by atoms with Gasteiger partial charge in [0.05, 0.1) is 0 Å². The zero-order valence-corrected chi connectivity index (χ0v) is 6.52. The van der Waals surface area contributed by atoms with E-state index < -0.39 is 0 Å². The fraction of sp³-hybridized carbons (Fsp3) is 0.667. The molecule has 0 aromatic rings. The number of allylic oxidation sites excluding steroid dienone is 1. The summed E-state index contributed by atoms with van der Waals surface area (Å²) in [5.41, 5.74) is 1.17. The van der Waals surface area contributed by atoms with Gasteiger partial charge in [-0.05, 0) is 25.7 Å². The highest BCUT2D eigenvalue weighted by Crippen LogP contribution is 2.26. The van der Waals surface area contributed by atoms with E-state index in [0.717, 1.165) is 19.3 Å². The third-order valence-corrected chi connectivity index (χ3v) is 2.18. The Balaban J connectivity index is 2.47. The Hall–Kier alpha value is -0.590. The van der Waals surface area contributed by atoms with E-state index in [1.54, 1.807) is 0 Å². The van der Waals surface area contributed by atoms with Gasteiger partial charge in [-0.25, -0.2) is 0 Å². The summed E-state index contributed by atoms with van der Waals surface area (Å²) in [4.78, 5) is 10.9. The molecule has 1 aliphatic rings. The maximum absolute atomic E-state index is 10.9. The van der Waals surface area contributed by atoms with E-state index in [0.29, 0.717) is 11.7 Å². The van der Waals surface area contributed by atoms with Gasteiger partial charge in [0.15, 0.2) is 0 Å². The number of ketones is 1. The minimum absolute atomic E-state index is 0.416. The Bertz CT molecular complexity index is 156. The first-order chi connectivity index (χ1) is 4.70. The standard InChI is InChI=1S/C9H14O/c1-7(2)8-4-3-5-9(10)6-8/h8H,1,3-6H2,2H3/t8-/m0/s1. The third kappa shape index (κ3) is 1.69. The Kier molecular flexibility index (Phi) is 2.25. The lowest BCUT2D eigenvalue weighted by atomic mass is 9.84. The van der Waals surface area contributed by atoms with Gasteiger partial charge in [-0.2, -0.15) is 0 Å². The Morgan fingerprint density at radius 1 is 1.70 bits per heavy atom. The molecular weight excluding hydrogens is 124 g/mol. The normalized spacial score (nSPS) is 26.5. The Labute approximate surface area is 62.1 Å². The van der Waals surface area contributed by atoms with Crippen LogP contribution in [0.5, 0.6) is 0 Å². The SMILES string of the molecule is C=C(C)[C@H]1CCCC(=O)C1. The average molecular weight is 138 g/mol. The predicted octanol–water partition coefficient (Wildman–Crippen LogP) is 2.32. The molecule has 1 atom stereocenters. The molecule has 0 heterocycles. The van der Waals surface area contributed by atoms with Crippen LogP contribution in [0, 0.1) is 5.92 Å². The first kappa shape index (κ1) is 7.52. The molecule has 0 aromatic carbocycles. The molecule has 1 fully saturated rings. The van der Waals surface area contributed by atoms with Gasteiger partial charge in [0.2, 0.25) is 0 Å². The first-order valence-corrected chi connectivity index (χ1v) is 3.87. The largest absolute Gasteiger partial charge is 0.300 e. The summed E-state index contributed by atoms with van der Waals surface area (Å²) in [6.45, 7) is 5.88. The van der Waals surface area contributed by atoms with Gasteiger partial charge < -0.3 is 0 Å². The molecular formula is C9H14O. The summed E-state index contributed by atoms with van der Waals surface area (Å²) < 4.78 is 0. The van der Waals surface area contributed by atoms with Crippen LogP contribution in [-0.2, 0) is 4.79 Å². The summed E-state index contributed by atoms with van der Waals surface area (Å²) in [5, 5.41) is 0. The molecule has 0 aromatic heterocycles. The lowest BCUT2D eigenvalue weighted by molar-refractivity contribution is -0.121. The molecule has 1 rings (SSSR count). The maximum atomic E-state index is 10.9. The second kappa shape index (κ2) is 3.00. The molecule has 1 saturated carbocycles. The van der Waals surface area contributed by atoms with Gasteiger partial charge in [-0.3, -0.25) is 4.79 Å². The predicted molar refractivity (Wildman–Crippen MR) is 41.8 cm³/mol. The smallest absolute Gasteiger partial charge is 0.133 e. The van der Waals surface area contributed by atoms with Crippen molar-refractivity contribution in [3.05, 3.63) is 12.2 Å². The molecule has 1 nitrogen and oxygen atoms in total. The van der Waals surface area contributed by atoms with Crippen molar-refractivity contribution in [1.29, 1.82) is 0 Å². The van der Waals surface area contributed by atoms with Gasteiger partial charge in [0.25, 0.3) is 0 Å². The number of hydrogen-bond donors (Lipinski definition) is 0. The van der Waals surface area contributed by atoms with Crippen LogP contribution in [0.1, 0.15) is 32.6 Å². The zero-order chi connectivity index (χ0) is 7.56. The fourth-order valence-electron chi connectivity index (χ4n) is 1.45. The van der Waals surface area contributed by atoms with Gasteiger partial charge in [0.1, 0.15) is 5.78 Å². The highest BCUT2D eigenvalue weighted by atomic mass is 16.1. The summed E-state index contributed by atoms with van der Waals surface area (Å²) in [6.07, 6.45) is 3.77. The van der Waals surface area contributed by atoms with Crippen molar-refractivity contribution in [2.45, 2.75) is 32.6 Å². The molecule has 0 bridgehead atoms. The highest BCUT2D eigenvalue weighted by Gasteiger charge is 2.19. The number of carbonyl (C=O) groups excluding carboxylic acids is 1. The number of hydrogen-bond acceptors (Lipinski definition) is 1. The molecule has 0 amide bonds. The second-order valence-electron chi connectivity index (χ2n) is 3.18. The van der Waals surface area contributed by atoms with Crippen molar-refractivity contribution in [3.63, 3.8) is 0 Å². The van der Waals surface area contributed by atoms with Crippen LogP contribution < -0.4 is 0 Å². The van der Waals surface area contributed by atoms with Crippen LogP contribution in [0.4, 0.5) is 0 Å². The van der Waals surface area contributed by atoms with Gasteiger partial charge in [0, 0.05) is 12.8 Å². The van der Waals surface area contributed by atoms with E-state index in [4.69, 9.17) is 0 Å². The van der Waals surface area contributed by atoms with Crippen LogP contribution in [0.15, 0.2) is 12.2 Å². The van der Waals surface area contributed by atoms with Gasteiger partial charge in [-0.1, -0.05) is 12.2 Å². The van der Waals surface area contributed by atoms with Crippen LogP contribution in [-0.4, -0.2) is 5.78 Å². The zero-order valence-electron chi connectivity index (χ0n) is 6.52. The van der Waals surface area contributed by atoms with Crippen LogP contribution in [0.2, 0.25) is 0 Å². The molecule has 1 heteroatoms. The molecule has 0 N–H and O–H groups in total. The van der Waals surface area contributed by atoms with Crippen LogP contribution in [0.25, 0.3) is 0 Å². The molecule has 0 unspecified atom stereocenters. The van der Waals surface area contributed by atoms with E-state index in [-0.39, 0.29) is 0 Å². The fourth-order valence-corrected chi connectivity index (χ4v) is 1.45. The highest BCUT2D eigenvalue weighted by molar-refractivity contribution is 5.79. The van der Waals surface area contributed by atoms with Crippen LogP contribution in [0.3, 0.4) is 0 Å². The van der Waals surface area contributed by atoms with E-state index in [2.05, 4.69) is 6.58 Å². The lowest BCUT2D eigenvalue weighted by Crippen LogP contribution is -2.15. The van der Waals surface area contributed by atoms with Crippen LogP contribution >= 0.6 is 0 Å². The number of rotatable bonds is 1. The molecule has 0 radical (unpaired) electrons. The molecule has 1 aliphatic carbocycles. The second-order valence-corrected chi connectivity index (χ2v) is 3.18. The van der Waals surface area contributed by atoms with E-state index >= 15 is 0 Å². The van der Waals surface area contributed by atoms with Crippen molar-refractivity contribution in [3.8, 4) is 0 Å². The minimum Gasteiger partial charge on any atom is -0.300 e. The Morgan fingerprint density at radius 2 is 2.40 bits per heavy atom. The minimum atomic E-state index is 0.416. The molecule has 0 spiro atoms. The van der Waals surface area contributed by atoms with E-state index in [9.17, 15) is 4.79 Å². The first-order valence-electron chi connectivity index (χ1n) is 3.87. The summed E-state index contributed by atoms with van der Waals surface area (Å²) in [5.74, 6) is 0.903. The topological polar surface area (TPSA) is 17.1 Å². The summed E-state index contributed by atoms with van der Waals surface area (Å²) in [7, 11) is 0. The summed E-state index contributed by atoms with van der Waals surface area (Å²) >= 11 is 0. The number of carbonyl (C=O) groups is 1. The summed E-state index contributed by atoms with van der Waals surface area (Å²) in [6, 6.07) is 0. The van der Waals surface area contributed by atoms with E-state index in [1.165, 1.54) is 12.0 Å². The average Bonchev–Trinajstić information content (AvgIpc) is 1.88. The van der Waals surface area contributed by atoms with Crippen molar-refractivity contribution in [2.24, 2.45) is 5.92 Å². The van der Waals surface area contributed by atoms with Gasteiger partial charge in [-0.15, -0.1) is 0 Å². The monoisotopic (exact) mass is 138 g/mol. The van der Waals surface area contributed by atoms with Crippen molar-refractivity contribution >= 4 is 5.78 Å². The van der Waals surface area contributed by atoms with E-state index in [1.807, 2.05) is 6.92 Å². The van der Waals surface area contributed by atoms with Gasteiger partial charge >= 0.3 is 0 Å². The molecule has 0 aliphatic heterocycles.